The first-order valence-corrected chi connectivity index (χ1v) is 4.59. The molecular formula is C7H7N5OS. The van der Waals surface area contributed by atoms with Crippen LogP contribution in [0.3, 0.4) is 0 Å². The van der Waals surface area contributed by atoms with Gasteiger partial charge >= 0.3 is 0 Å². The van der Waals surface area contributed by atoms with Gasteiger partial charge in [0, 0.05) is 5.38 Å². The van der Waals surface area contributed by atoms with E-state index in [1.54, 1.807) is 5.38 Å². The molecule has 0 amide bonds. The van der Waals surface area contributed by atoms with Gasteiger partial charge < -0.3 is 10.5 Å². The molecule has 2 aromatic heterocycles. The first-order chi connectivity index (χ1) is 6.81. The minimum absolute atomic E-state index is 0.297. The lowest BCUT2D eigenvalue weighted by atomic mass is 10.4. The Morgan fingerprint density at radius 2 is 2.36 bits per heavy atom. The van der Waals surface area contributed by atoms with Gasteiger partial charge in [-0.05, 0) is 11.5 Å². The van der Waals surface area contributed by atoms with E-state index in [9.17, 15) is 0 Å². The molecule has 0 unspecified atom stereocenters. The van der Waals surface area contributed by atoms with E-state index >= 15 is 0 Å². The van der Waals surface area contributed by atoms with E-state index in [0.29, 0.717) is 23.1 Å². The summed E-state index contributed by atoms with van der Waals surface area (Å²) in [6.45, 7) is 0. The molecule has 0 fully saturated rings. The molecule has 0 atom stereocenters. The maximum atomic E-state index is 5.62. The summed E-state index contributed by atoms with van der Waals surface area (Å²) in [5, 5.41) is 5.58. The fourth-order valence-corrected chi connectivity index (χ4v) is 1.36. The standard InChI is InChI=1S/C7H7N5OS/c1-13-5-2-9-7(10-6(5)8)4-3-14-12-11-4/h2-3H,1H3,(H2,8,9,10). The highest BCUT2D eigenvalue weighted by molar-refractivity contribution is 7.03. The monoisotopic (exact) mass is 209 g/mol. The lowest BCUT2D eigenvalue weighted by Crippen LogP contribution is -1.99. The number of aromatic nitrogens is 4. The molecule has 7 heteroatoms. The average Bonchev–Trinajstić information content (AvgIpc) is 2.70. The van der Waals surface area contributed by atoms with Crippen LogP contribution in [0.1, 0.15) is 0 Å². The summed E-state index contributed by atoms with van der Waals surface area (Å²) in [6.07, 6.45) is 1.51. The van der Waals surface area contributed by atoms with Gasteiger partial charge in [-0.1, -0.05) is 4.49 Å². The third-order valence-corrected chi connectivity index (χ3v) is 2.10. The molecule has 0 aliphatic rings. The Kier molecular flexibility index (Phi) is 2.23. The Hall–Kier alpha value is -1.76. The van der Waals surface area contributed by atoms with E-state index in [0.717, 1.165) is 0 Å². The lowest BCUT2D eigenvalue weighted by Gasteiger charge is -2.02. The highest BCUT2D eigenvalue weighted by atomic mass is 32.1. The van der Waals surface area contributed by atoms with Crippen molar-refractivity contribution in [3.05, 3.63) is 11.6 Å². The predicted molar refractivity (Wildman–Crippen MR) is 51.9 cm³/mol. The first-order valence-electron chi connectivity index (χ1n) is 3.75. The minimum atomic E-state index is 0.297. The lowest BCUT2D eigenvalue weighted by molar-refractivity contribution is 0.413. The van der Waals surface area contributed by atoms with Crippen LogP contribution in [-0.2, 0) is 0 Å². The van der Waals surface area contributed by atoms with Crippen LogP contribution in [0.4, 0.5) is 5.82 Å². The molecule has 0 spiro atoms. The molecule has 2 rings (SSSR count). The normalized spacial score (nSPS) is 10.1. The van der Waals surface area contributed by atoms with E-state index in [1.165, 1.54) is 24.8 Å². The number of nitrogens with zero attached hydrogens (tertiary/aromatic N) is 4. The predicted octanol–water partition coefficient (Wildman–Crippen LogP) is 0.586. The van der Waals surface area contributed by atoms with Crippen molar-refractivity contribution < 1.29 is 4.74 Å². The number of nitrogens with two attached hydrogens (primary N) is 1. The zero-order valence-corrected chi connectivity index (χ0v) is 8.15. The van der Waals surface area contributed by atoms with Gasteiger partial charge in [0.05, 0.1) is 13.3 Å². The fraction of sp³-hybridized carbons (Fsp3) is 0.143. The second-order valence-electron chi connectivity index (χ2n) is 2.44. The molecule has 0 aliphatic heterocycles. The van der Waals surface area contributed by atoms with Crippen molar-refractivity contribution >= 4 is 17.4 Å². The van der Waals surface area contributed by atoms with Crippen LogP contribution in [0, 0.1) is 0 Å². The topological polar surface area (TPSA) is 86.8 Å². The van der Waals surface area contributed by atoms with Crippen LogP contribution < -0.4 is 10.5 Å². The van der Waals surface area contributed by atoms with E-state index in [-0.39, 0.29) is 0 Å². The molecule has 14 heavy (non-hydrogen) atoms. The van der Waals surface area contributed by atoms with E-state index in [2.05, 4.69) is 19.6 Å². The molecule has 0 radical (unpaired) electrons. The summed E-state index contributed by atoms with van der Waals surface area (Å²) >= 11 is 1.24. The summed E-state index contributed by atoms with van der Waals surface area (Å²) in [4.78, 5) is 8.07. The molecule has 72 valence electrons. The van der Waals surface area contributed by atoms with E-state index in [1.807, 2.05) is 0 Å². The summed E-state index contributed by atoms with van der Waals surface area (Å²) in [7, 11) is 1.51. The molecule has 0 bridgehead atoms. The van der Waals surface area contributed by atoms with Gasteiger partial charge in [-0.15, -0.1) is 5.10 Å². The summed E-state index contributed by atoms with van der Waals surface area (Å²) in [5.74, 6) is 1.21. The quantitative estimate of drug-likeness (QED) is 0.778. The minimum Gasteiger partial charge on any atom is -0.491 e. The van der Waals surface area contributed by atoms with Crippen molar-refractivity contribution in [3.8, 4) is 17.3 Å². The highest BCUT2D eigenvalue weighted by Crippen LogP contribution is 2.20. The van der Waals surface area contributed by atoms with Crippen LogP contribution >= 0.6 is 11.5 Å². The smallest absolute Gasteiger partial charge is 0.183 e. The average molecular weight is 209 g/mol. The molecule has 2 heterocycles. The zero-order valence-electron chi connectivity index (χ0n) is 7.34. The van der Waals surface area contributed by atoms with Gasteiger partial charge in [-0.3, -0.25) is 0 Å². The Morgan fingerprint density at radius 1 is 1.50 bits per heavy atom. The van der Waals surface area contributed by atoms with Crippen molar-refractivity contribution in [3.63, 3.8) is 0 Å². The van der Waals surface area contributed by atoms with Crippen molar-refractivity contribution in [2.45, 2.75) is 0 Å². The van der Waals surface area contributed by atoms with Gasteiger partial charge in [0.25, 0.3) is 0 Å². The molecular weight excluding hydrogens is 202 g/mol. The van der Waals surface area contributed by atoms with Gasteiger partial charge in [0.1, 0.15) is 5.69 Å². The number of rotatable bonds is 2. The number of nitrogen functional groups attached to an aromatic ring is 1. The number of methoxy groups -OCH3 is 1. The van der Waals surface area contributed by atoms with Crippen molar-refractivity contribution in [1.82, 2.24) is 19.6 Å². The van der Waals surface area contributed by atoms with Gasteiger partial charge in [-0.25, -0.2) is 9.97 Å². The summed E-state index contributed by atoms with van der Waals surface area (Å²) < 4.78 is 8.64. The molecule has 0 aromatic carbocycles. The second kappa shape index (κ2) is 3.54. The van der Waals surface area contributed by atoms with Crippen molar-refractivity contribution in [2.24, 2.45) is 0 Å². The molecule has 6 nitrogen and oxygen atoms in total. The third kappa shape index (κ3) is 1.49. The maximum Gasteiger partial charge on any atom is 0.183 e. The van der Waals surface area contributed by atoms with Crippen LogP contribution in [0.5, 0.6) is 5.75 Å². The zero-order chi connectivity index (χ0) is 9.97. The van der Waals surface area contributed by atoms with E-state index < -0.39 is 0 Å². The van der Waals surface area contributed by atoms with Gasteiger partial charge in [-0.2, -0.15) is 0 Å². The van der Waals surface area contributed by atoms with Crippen LogP contribution in [0.25, 0.3) is 11.5 Å². The number of ether oxygens (including phenoxy) is 1. The van der Waals surface area contributed by atoms with E-state index in [4.69, 9.17) is 10.5 Å². The Bertz CT molecular complexity index is 430. The highest BCUT2D eigenvalue weighted by Gasteiger charge is 2.07. The maximum absolute atomic E-state index is 5.62. The second-order valence-corrected chi connectivity index (χ2v) is 3.05. The molecule has 2 N–H and O–H groups in total. The number of hydrogen-bond donors (Lipinski definition) is 1. The molecule has 0 saturated carbocycles. The number of anilines is 1. The molecule has 0 saturated heterocycles. The van der Waals surface area contributed by atoms with Gasteiger partial charge in [0.15, 0.2) is 17.4 Å². The Morgan fingerprint density at radius 3 is 2.93 bits per heavy atom. The van der Waals surface area contributed by atoms with Crippen LogP contribution in [0.2, 0.25) is 0 Å². The Labute approximate surface area is 83.9 Å². The van der Waals surface area contributed by atoms with Crippen molar-refractivity contribution in [2.75, 3.05) is 12.8 Å². The van der Waals surface area contributed by atoms with Crippen molar-refractivity contribution in [1.29, 1.82) is 0 Å². The molecule has 2 aromatic rings. The first kappa shape index (κ1) is 8.82. The van der Waals surface area contributed by atoms with Gasteiger partial charge in [0.2, 0.25) is 0 Å². The van der Waals surface area contributed by atoms with Crippen LogP contribution in [0.15, 0.2) is 11.6 Å². The summed E-state index contributed by atoms with van der Waals surface area (Å²) in [5.41, 5.74) is 6.23. The Balaban J connectivity index is 2.43. The number of hydrogen-bond acceptors (Lipinski definition) is 7. The third-order valence-electron chi connectivity index (χ3n) is 1.59. The largest absolute Gasteiger partial charge is 0.491 e. The molecule has 0 aliphatic carbocycles. The summed E-state index contributed by atoms with van der Waals surface area (Å²) in [6, 6.07) is 0. The van der Waals surface area contributed by atoms with Crippen LogP contribution in [-0.4, -0.2) is 26.7 Å². The fourth-order valence-electron chi connectivity index (χ4n) is 0.927. The SMILES string of the molecule is COc1cnc(-c2csnn2)nc1N.